The molecule has 0 aliphatic heterocycles. The lowest BCUT2D eigenvalue weighted by atomic mass is 9.71. The molecule has 3 aromatic rings. The topological polar surface area (TPSA) is 105 Å². The Morgan fingerprint density at radius 2 is 1.61 bits per heavy atom. The maximum Gasteiger partial charge on any atom is 0.258 e. The number of hydrogen-bond donors (Lipinski definition) is 3. The number of amides is 2. The molecule has 8 nitrogen and oxygen atoms in total. The van der Waals surface area contributed by atoms with Crippen LogP contribution in [-0.4, -0.2) is 46.3 Å². The molecular weight excluding hydrogens is 451 g/mol. The SMILES string of the molecule is O=C(COc1ccc(Cl)c(F)c1)NC12CCC(NC(=O)COc3ccc4cn[nH]c4c3)(C1)C2. The lowest BCUT2D eigenvalue weighted by Gasteiger charge is -2.48. The molecule has 1 heterocycles. The molecule has 1 aromatic heterocycles. The largest absolute Gasteiger partial charge is 0.484 e. The molecule has 3 fully saturated rings. The summed E-state index contributed by atoms with van der Waals surface area (Å²) < 4.78 is 24.5. The van der Waals surface area contributed by atoms with Gasteiger partial charge in [-0.1, -0.05) is 11.6 Å². The number of nitrogens with one attached hydrogen (secondary N) is 3. The van der Waals surface area contributed by atoms with Crippen LogP contribution < -0.4 is 20.1 Å². The van der Waals surface area contributed by atoms with E-state index in [-0.39, 0.29) is 46.9 Å². The first kappa shape index (κ1) is 21.5. The molecule has 0 unspecified atom stereocenters. The summed E-state index contributed by atoms with van der Waals surface area (Å²) >= 11 is 5.65. The van der Waals surface area contributed by atoms with Crippen LogP contribution in [0.3, 0.4) is 0 Å². The number of ether oxygens (including phenoxy) is 2. The number of hydrogen-bond acceptors (Lipinski definition) is 5. The molecular formula is C23H22ClFN4O4. The molecule has 0 saturated heterocycles. The Kier molecular flexibility index (Phi) is 5.36. The summed E-state index contributed by atoms with van der Waals surface area (Å²) in [5.74, 6) is -0.270. The number of carbonyl (C=O) groups excluding carboxylic acids is 2. The average molecular weight is 473 g/mol. The molecule has 3 aliphatic rings. The maximum atomic E-state index is 13.5. The Hall–Kier alpha value is -3.33. The number of carbonyl (C=O) groups is 2. The number of aromatic nitrogens is 2. The summed E-state index contributed by atoms with van der Waals surface area (Å²) in [7, 11) is 0. The second-order valence-electron chi connectivity index (χ2n) is 8.78. The van der Waals surface area contributed by atoms with Gasteiger partial charge in [0.15, 0.2) is 13.2 Å². The van der Waals surface area contributed by atoms with E-state index in [1.54, 1.807) is 18.3 Å². The van der Waals surface area contributed by atoms with Crippen LogP contribution in [0.15, 0.2) is 42.6 Å². The quantitative estimate of drug-likeness (QED) is 0.467. The van der Waals surface area contributed by atoms with Gasteiger partial charge in [-0.3, -0.25) is 14.7 Å². The van der Waals surface area contributed by atoms with E-state index in [2.05, 4.69) is 20.8 Å². The number of fused-ring (bicyclic) bond motifs is 2. The zero-order valence-corrected chi connectivity index (χ0v) is 18.4. The fourth-order valence-electron chi connectivity index (χ4n) is 4.91. The van der Waals surface area contributed by atoms with E-state index in [0.29, 0.717) is 18.6 Å². The van der Waals surface area contributed by atoms with E-state index < -0.39 is 5.82 Å². The maximum absolute atomic E-state index is 13.5. The zero-order chi connectivity index (χ0) is 23.1. The van der Waals surface area contributed by atoms with Crippen molar-refractivity contribution in [1.82, 2.24) is 20.8 Å². The summed E-state index contributed by atoms with van der Waals surface area (Å²) in [6.07, 6.45) is 4.59. The summed E-state index contributed by atoms with van der Waals surface area (Å²) in [6.45, 7) is -0.317. The van der Waals surface area contributed by atoms with Crippen LogP contribution in [0, 0.1) is 5.82 Å². The van der Waals surface area contributed by atoms with Crippen molar-refractivity contribution in [1.29, 1.82) is 0 Å². The highest BCUT2D eigenvalue weighted by molar-refractivity contribution is 6.30. The monoisotopic (exact) mass is 472 g/mol. The molecule has 0 atom stereocenters. The average Bonchev–Trinajstić information content (AvgIpc) is 3.46. The Morgan fingerprint density at radius 3 is 2.24 bits per heavy atom. The van der Waals surface area contributed by atoms with Crippen molar-refractivity contribution >= 4 is 34.3 Å². The van der Waals surface area contributed by atoms with Crippen LogP contribution in [0.1, 0.15) is 25.7 Å². The summed E-state index contributed by atoms with van der Waals surface area (Å²) in [5.41, 5.74) is 0.180. The van der Waals surface area contributed by atoms with Gasteiger partial charge in [0.25, 0.3) is 11.8 Å². The van der Waals surface area contributed by atoms with Crippen molar-refractivity contribution in [2.75, 3.05) is 13.2 Å². The molecule has 3 aliphatic carbocycles. The van der Waals surface area contributed by atoms with Crippen molar-refractivity contribution in [3.63, 3.8) is 0 Å². The van der Waals surface area contributed by atoms with E-state index in [1.807, 2.05) is 6.07 Å². The minimum atomic E-state index is -0.602. The lowest BCUT2D eigenvalue weighted by molar-refractivity contribution is -0.128. The molecule has 3 saturated carbocycles. The van der Waals surface area contributed by atoms with Crippen LogP contribution in [0.5, 0.6) is 11.5 Å². The molecule has 0 radical (unpaired) electrons. The van der Waals surface area contributed by atoms with Gasteiger partial charge in [-0.15, -0.1) is 0 Å². The highest BCUT2D eigenvalue weighted by Crippen LogP contribution is 2.55. The van der Waals surface area contributed by atoms with Crippen molar-refractivity contribution in [2.45, 2.75) is 36.8 Å². The molecule has 0 spiro atoms. The second-order valence-corrected chi connectivity index (χ2v) is 9.19. The fraction of sp³-hybridized carbons (Fsp3) is 0.348. The van der Waals surface area contributed by atoms with Gasteiger partial charge in [0.2, 0.25) is 0 Å². The first-order chi connectivity index (χ1) is 15.8. The van der Waals surface area contributed by atoms with Crippen molar-refractivity contribution < 1.29 is 23.5 Å². The van der Waals surface area contributed by atoms with Gasteiger partial charge in [-0.05, 0) is 49.9 Å². The molecule has 6 rings (SSSR count). The third-order valence-electron chi connectivity index (χ3n) is 6.29. The first-order valence-electron chi connectivity index (χ1n) is 10.6. The minimum Gasteiger partial charge on any atom is -0.484 e. The Balaban J connectivity index is 1.07. The predicted octanol–water partition coefficient (Wildman–Crippen LogP) is 3.11. The lowest BCUT2D eigenvalue weighted by Crippen LogP contribution is -2.65. The number of rotatable bonds is 8. The molecule has 2 bridgehead atoms. The number of nitrogens with zero attached hydrogens (tertiary/aromatic N) is 1. The molecule has 3 N–H and O–H groups in total. The van der Waals surface area contributed by atoms with Gasteiger partial charge in [0, 0.05) is 28.6 Å². The van der Waals surface area contributed by atoms with Gasteiger partial charge in [-0.2, -0.15) is 5.10 Å². The highest BCUT2D eigenvalue weighted by atomic mass is 35.5. The van der Waals surface area contributed by atoms with Crippen LogP contribution in [0.4, 0.5) is 4.39 Å². The van der Waals surface area contributed by atoms with Crippen molar-refractivity contribution in [3.05, 3.63) is 53.4 Å². The van der Waals surface area contributed by atoms with E-state index >= 15 is 0 Å². The summed E-state index contributed by atoms with van der Waals surface area (Å²) in [4.78, 5) is 24.8. The summed E-state index contributed by atoms with van der Waals surface area (Å²) in [5, 5.41) is 13.9. The van der Waals surface area contributed by atoms with Gasteiger partial charge < -0.3 is 20.1 Å². The molecule has 10 heteroatoms. The molecule has 2 aromatic carbocycles. The zero-order valence-electron chi connectivity index (χ0n) is 17.6. The van der Waals surface area contributed by atoms with Gasteiger partial charge in [0.1, 0.15) is 17.3 Å². The number of halogens is 2. The van der Waals surface area contributed by atoms with E-state index in [4.69, 9.17) is 21.1 Å². The predicted molar refractivity (Wildman–Crippen MR) is 119 cm³/mol. The smallest absolute Gasteiger partial charge is 0.258 e. The Bertz CT molecular complexity index is 1220. The van der Waals surface area contributed by atoms with E-state index in [0.717, 1.165) is 29.8 Å². The normalized spacial score (nSPS) is 23.1. The molecule has 33 heavy (non-hydrogen) atoms. The van der Waals surface area contributed by atoms with E-state index in [1.165, 1.54) is 12.1 Å². The van der Waals surface area contributed by atoms with Crippen LogP contribution in [-0.2, 0) is 9.59 Å². The Morgan fingerprint density at radius 1 is 1.00 bits per heavy atom. The van der Waals surface area contributed by atoms with Gasteiger partial charge in [-0.25, -0.2) is 4.39 Å². The summed E-state index contributed by atoms with van der Waals surface area (Å²) in [6, 6.07) is 9.49. The standard InChI is InChI=1S/C23H22ClFN4O4/c24-17-4-3-15(7-18(17)25)32-10-20(30)27-22-5-6-23(12-22,13-22)28-21(31)11-33-16-2-1-14-9-26-29-19(14)8-16/h1-4,7-9H,5-6,10-13H2,(H,26,29)(H,27,30)(H,28,31). The van der Waals surface area contributed by atoms with E-state index in [9.17, 15) is 14.0 Å². The first-order valence-corrected chi connectivity index (χ1v) is 11.0. The van der Waals surface area contributed by atoms with Crippen molar-refractivity contribution in [3.8, 4) is 11.5 Å². The second kappa shape index (κ2) is 8.22. The third-order valence-corrected chi connectivity index (χ3v) is 6.60. The van der Waals surface area contributed by atoms with Gasteiger partial charge >= 0.3 is 0 Å². The molecule has 2 amide bonds. The number of aromatic amines is 1. The minimum absolute atomic E-state index is 0.00575. The van der Waals surface area contributed by atoms with Crippen LogP contribution in [0.2, 0.25) is 5.02 Å². The van der Waals surface area contributed by atoms with Gasteiger partial charge in [0.05, 0.1) is 16.7 Å². The fourth-order valence-corrected chi connectivity index (χ4v) is 5.03. The van der Waals surface area contributed by atoms with Crippen LogP contribution in [0.25, 0.3) is 10.9 Å². The third kappa shape index (κ3) is 4.45. The van der Waals surface area contributed by atoms with Crippen LogP contribution >= 0.6 is 11.6 Å². The number of benzene rings is 2. The molecule has 172 valence electrons. The van der Waals surface area contributed by atoms with Crippen molar-refractivity contribution in [2.24, 2.45) is 0 Å². The Labute approximate surface area is 193 Å². The highest BCUT2D eigenvalue weighted by Gasteiger charge is 2.62. The number of H-pyrrole nitrogens is 1.